The maximum atomic E-state index is 11.8. The zero-order chi connectivity index (χ0) is 12.3. The van der Waals surface area contributed by atoms with Gasteiger partial charge < -0.3 is 10.5 Å². The molecule has 0 spiro atoms. The van der Waals surface area contributed by atoms with Crippen molar-refractivity contribution in [2.75, 3.05) is 5.73 Å². The number of anilines is 1. The van der Waals surface area contributed by atoms with Crippen molar-refractivity contribution in [2.45, 2.75) is 13.5 Å². The fourth-order valence-electron chi connectivity index (χ4n) is 1.40. The van der Waals surface area contributed by atoms with Gasteiger partial charge in [-0.2, -0.15) is 0 Å². The standard InChI is InChI=1S/C12H12N2O2S/c1-8-9(3-2-4-10(8)13)12(15)16-7-11-14-5-6-17-11/h2-6H,7,13H2,1H3. The van der Waals surface area contributed by atoms with Crippen molar-refractivity contribution < 1.29 is 9.53 Å². The molecule has 2 rings (SSSR count). The van der Waals surface area contributed by atoms with Crippen LogP contribution in [0.2, 0.25) is 0 Å². The quantitative estimate of drug-likeness (QED) is 0.669. The van der Waals surface area contributed by atoms with Crippen LogP contribution in [0.4, 0.5) is 5.69 Å². The molecule has 2 N–H and O–H groups in total. The molecule has 0 aliphatic rings. The van der Waals surface area contributed by atoms with Crippen molar-refractivity contribution in [3.8, 4) is 0 Å². The highest BCUT2D eigenvalue weighted by molar-refractivity contribution is 7.09. The zero-order valence-electron chi connectivity index (χ0n) is 9.34. The Bertz CT molecular complexity index is 523. The first-order valence-electron chi connectivity index (χ1n) is 5.09. The molecule has 2 aromatic rings. The first-order valence-corrected chi connectivity index (χ1v) is 5.97. The lowest BCUT2D eigenvalue weighted by Gasteiger charge is -2.07. The maximum absolute atomic E-state index is 11.8. The third kappa shape index (κ3) is 2.62. The first kappa shape index (κ1) is 11.6. The number of hydrogen-bond donors (Lipinski definition) is 1. The molecular formula is C12H12N2O2S. The van der Waals surface area contributed by atoms with Crippen LogP contribution in [0.5, 0.6) is 0 Å². The van der Waals surface area contributed by atoms with Gasteiger partial charge in [0, 0.05) is 17.3 Å². The predicted octanol–water partition coefficient (Wildman–Crippen LogP) is 2.39. The molecule has 0 saturated carbocycles. The Kier molecular flexibility index (Phi) is 3.39. The van der Waals surface area contributed by atoms with E-state index in [4.69, 9.17) is 10.5 Å². The molecule has 1 heterocycles. The van der Waals surface area contributed by atoms with E-state index in [0.29, 0.717) is 11.3 Å². The molecule has 17 heavy (non-hydrogen) atoms. The summed E-state index contributed by atoms with van der Waals surface area (Å²) in [6.07, 6.45) is 1.68. The Morgan fingerprint density at radius 1 is 1.53 bits per heavy atom. The highest BCUT2D eigenvalue weighted by Gasteiger charge is 2.12. The van der Waals surface area contributed by atoms with Crippen LogP contribution in [0.25, 0.3) is 0 Å². The highest BCUT2D eigenvalue weighted by atomic mass is 32.1. The van der Waals surface area contributed by atoms with E-state index in [2.05, 4.69) is 4.98 Å². The Labute approximate surface area is 103 Å². The number of rotatable bonds is 3. The number of nitrogens with zero attached hydrogens (tertiary/aromatic N) is 1. The van der Waals surface area contributed by atoms with E-state index >= 15 is 0 Å². The zero-order valence-corrected chi connectivity index (χ0v) is 10.2. The molecule has 88 valence electrons. The molecule has 1 aromatic heterocycles. The number of nitrogens with two attached hydrogens (primary N) is 1. The van der Waals surface area contributed by atoms with Gasteiger partial charge >= 0.3 is 5.97 Å². The predicted molar refractivity (Wildman–Crippen MR) is 66.8 cm³/mol. The van der Waals surface area contributed by atoms with E-state index in [9.17, 15) is 4.79 Å². The summed E-state index contributed by atoms with van der Waals surface area (Å²) in [6, 6.07) is 5.20. The van der Waals surface area contributed by atoms with Crippen LogP contribution in [0.3, 0.4) is 0 Å². The lowest BCUT2D eigenvalue weighted by atomic mass is 10.1. The van der Waals surface area contributed by atoms with Crippen molar-refractivity contribution in [2.24, 2.45) is 0 Å². The van der Waals surface area contributed by atoms with Crippen LogP contribution >= 0.6 is 11.3 Å². The molecule has 0 aliphatic carbocycles. The summed E-state index contributed by atoms with van der Waals surface area (Å²) in [7, 11) is 0. The number of hydrogen-bond acceptors (Lipinski definition) is 5. The van der Waals surface area contributed by atoms with Gasteiger partial charge in [0.25, 0.3) is 0 Å². The molecule has 0 unspecified atom stereocenters. The third-order valence-corrected chi connectivity index (χ3v) is 3.16. The van der Waals surface area contributed by atoms with E-state index in [1.54, 1.807) is 31.3 Å². The van der Waals surface area contributed by atoms with E-state index in [-0.39, 0.29) is 12.6 Å². The molecule has 0 fully saturated rings. The molecule has 0 atom stereocenters. The second kappa shape index (κ2) is 4.97. The largest absolute Gasteiger partial charge is 0.455 e. The van der Waals surface area contributed by atoms with Crippen molar-refractivity contribution in [3.63, 3.8) is 0 Å². The molecule has 0 aliphatic heterocycles. The lowest BCUT2D eigenvalue weighted by molar-refractivity contribution is 0.0471. The lowest BCUT2D eigenvalue weighted by Crippen LogP contribution is -2.08. The van der Waals surface area contributed by atoms with Gasteiger partial charge in [0.15, 0.2) is 0 Å². The Morgan fingerprint density at radius 2 is 2.35 bits per heavy atom. The minimum absolute atomic E-state index is 0.199. The summed E-state index contributed by atoms with van der Waals surface area (Å²) >= 11 is 1.45. The van der Waals surface area contributed by atoms with Gasteiger partial charge in [0.05, 0.1) is 5.56 Å². The Balaban J connectivity index is 2.07. The minimum atomic E-state index is -0.370. The summed E-state index contributed by atoms with van der Waals surface area (Å²) in [6.45, 7) is 2.00. The topological polar surface area (TPSA) is 65.2 Å². The third-order valence-electron chi connectivity index (χ3n) is 2.41. The molecule has 1 aromatic carbocycles. The number of thiazole rings is 1. The summed E-state index contributed by atoms with van der Waals surface area (Å²) in [5.41, 5.74) is 7.57. The fraction of sp³-hybridized carbons (Fsp3) is 0.167. The Morgan fingerprint density at radius 3 is 3.06 bits per heavy atom. The van der Waals surface area contributed by atoms with Crippen LogP contribution in [0.1, 0.15) is 20.9 Å². The average molecular weight is 248 g/mol. The van der Waals surface area contributed by atoms with E-state index in [1.165, 1.54) is 11.3 Å². The van der Waals surface area contributed by atoms with Gasteiger partial charge in [-0.15, -0.1) is 11.3 Å². The van der Waals surface area contributed by atoms with Gasteiger partial charge in [-0.25, -0.2) is 9.78 Å². The van der Waals surface area contributed by atoms with Crippen molar-refractivity contribution >= 4 is 23.0 Å². The molecule has 5 heteroatoms. The second-order valence-electron chi connectivity index (χ2n) is 3.52. The Hall–Kier alpha value is -1.88. The number of carbonyl (C=O) groups excluding carboxylic acids is 1. The molecular weight excluding hydrogens is 236 g/mol. The average Bonchev–Trinajstić information content (AvgIpc) is 2.82. The number of carbonyl (C=O) groups is 1. The van der Waals surface area contributed by atoms with Crippen LogP contribution in [-0.2, 0) is 11.3 Å². The normalized spacial score (nSPS) is 10.2. The maximum Gasteiger partial charge on any atom is 0.338 e. The molecule has 0 saturated heterocycles. The smallest absolute Gasteiger partial charge is 0.338 e. The summed E-state index contributed by atoms with van der Waals surface area (Å²) in [4.78, 5) is 15.9. The monoisotopic (exact) mass is 248 g/mol. The summed E-state index contributed by atoms with van der Waals surface area (Å²) < 4.78 is 5.16. The molecule has 4 nitrogen and oxygen atoms in total. The summed E-state index contributed by atoms with van der Waals surface area (Å²) in [5, 5.41) is 2.62. The molecule has 0 amide bonds. The molecule has 0 radical (unpaired) electrons. The van der Waals surface area contributed by atoms with Gasteiger partial charge in [0.2, 0.25) is 0 Å². The fourth-order valence-corrected chi connectivity index (χ4v) is 1.93. The number of aromatic nitrogens is 1. The van der Waals surface area contributed by atoms with Crippen molar-refractivity contribution in [1.29, 1.82) is 0 Å². The number of nitrogen functional groups attached to an aromatic ring is 1. The molecule has 0 bridgehead atoms. The van der Waals surface area contributed by atoms with Crippen molar-refractivity contribution in [1.82, 2.24) is 4.98 Å². The number of benzene rings is 1. The van der Waals surface area contributed by atoms with Crippen LogP contribution < -0.4 is 5.73 Å². The van der Waals surface area contributed by atoms with Gasteiger partial charge in [0.1, 0.15) is 11.6 Å². The van der Waals surface area contributed by atoms with Crippen LogP contribution in [0.15, 0.2) is 29.8 Å². The summed E-state index contributed by atoms with van der Waals surface area (Å²) in [5.74, 6) is -0.370. The van der Waals surface area contributed by atoms with Crippen molar-refractivity contribution in [3.05, 3.63) is 45.9 Å². The van der Waals surface area contributed by atoms with Crippen LogP contribution in [-0.4, -0.2) is 11.0 Å². The minimum Gasteiger partial charge on any atom is -0.455 e. The highest BCUT2D eigenvalue weighted by Crippen LogP contribution is 2.17. The SMILES string of the molecule is Cc1c(N)cccc1C(=O)OCc1nccs1. The van der Waals surface area contributed by atoms with Gasteiger partial charge in [-0.05, 0) is 24.6 Å². The van der Waals surface area contributed by atoms with E-state index in [0.717, 1.165) is 10.6 Å². The van der Waals surface area contributed by atoms with E-state index < -0.39 is 0 Å². The van der Waals surface area contributed by atoms with Crippen LogP contribution in [0, 0.1) is 6.92 Å². The number of esters is 1. The number of ether oxygens (including phenoxy) is 1. The second-order valence-corrected chi connectivity index (χ2v) is 4.50. The van der Waals surface area contributed by atoms with Gasteiger partial charge in [-0.3, -0.25) is 0 Å². The van der Waals surface area contributed by atoms with E-state index in [1.807, 2.05) is 5.38 Å². The van der Waals surface area contributed by atoms with Gasteiger partial charge in [-0.1, -0.05) is 6.07 Å². The first-order chi connectivity index (χ1) is 8.18.